The average Bonchev–Trinajstić information content (AvgIpc) is 2.84. The SMILES string of the molecule is CC1(C)Cc2cc(C(O)c3cc(Cl)sc3Cl)ccc2O1. The van der Waals surface area contributed by atoms with Crippen LogP contribution in [-0.4, -0.2) is 10.7 Å². The van der Waals surface area contributed by atoms with Crippen molar-refractivity contribution in [2.75, 3.05) is 0 Å². The Balaban J connectivity index is 1.95. The summed E-state index contributed by atoms with van der Waals surface area (Å²) in [5.74, 6) is 0.889. The second-order valence-corrected chi connectivity index (χ2v) is 7.87. The molecule has 0 fully saturated rings. The van der Waals surface area contributed by atoms with E-state index in [1.807, 2.05) is 18.2 Å². The number of halogens is 2. The minimum absolute atomic E-state index is 0.185. The molecule has 0 saturated carbocycles. The van der Waals surface area contributed by atoms with Crippen molar-refractivity contribution in [2.24, 2.45) is 0 Å². The maximum Gasteiger partial charge on any atom is 0.123 e. The summed E-state index contributed by atoms with van der Waals surface area (Å²) in [5, 5.41) is 10.5. The molecular weight excluding hydrogens is 315 g/mol. The Labute approximate surface area is 131 Å². The summed E-state index contributed by atoms with van der Waals surface area (Å²) in [5.41, 5.74) is 2.39. The lowest BCUT2D eigenvalue weighted by molar-refractivity contribution is 0.138. The molecule has 1 aromatic heterocycles. The number of hydrogen-bond acceptors (Lipinski definition) is 3. The number of ether oxygens (including phenoxy) is 1. The van der Waals surface area contributed by atoms with Crippen LogP contribution in [0.5, 0.6) is 5.75 Å². The predicted octanol–water partition coefficient (Wildman–Crippen LogP) is 4.85. The number of fused-ring (bicyclic) bond motifs is 1. The van der Waals surface area contributed by atoms with E-state index in [9.17, 15) is 5.11 Å². The summed E-state index contributed by atoms with van der Waals surface area (Å²) in [7, 11) is 0. The van der Waals surface area contributed by atoms with Crippen LogP contribution in [0.4, 0.5) is 0 Å². The molecule has 2 heterocycles. The van der Waals surface area contributed by atoms with Gasteiger partial charge in [-0.3, -0.25) is 0 Å². The molecule has 2 nitrogen and oxygen atoms in total. The minimum atomic E-state index is -0.764. The van der Waals surface area contributed by atoms with Crippen LogP contribution < -0.4 is 4.74 Å². The Morgan fingerprint density at radius 2 is 2.05 bits per heavy atom. The molecule has 20 heavy (non-hydrogen) atoms. The summed E-state index contributed by atoms with van der Waals surface area (Å²) >= 11 is 13.3. The number of aliphatic hydroxyl groups is 1. The van der Waals surface area contributed by atoms with Crippen LogP contribution in [0.2, 0.25) is 8.67 Å². The van der Waals surface area contributed by atoms with Gasteiger partial charge in [0, 0.05) is 12.0 Å². The Kier molecular flexibility index (Phi) is 3.49. The van der Waals surface area contributed by atoms with Crippen molar-refractivity contribution in [3.05, 3.63) is 49.6 Å². The first-order chi connectivity index (χ1) is 9.35. The number of thiophene rings is 1. The molecule has 0 spiro atoms. The molecule has 1 aromatic carbocycles. The molecule has 1 aliphatic heterocycles. The highest BCUT2D eigenvalue weighted by atomic mass is 35.5. The highest BCUT2D eigenvalue weighted by Crippen LogP contribution is 2.40. The van der Waals surface area contributed by atoms with Crippen molar-refractivity contribution >= 4 is 34.5 Å². The zero-order chi connectivity index (χ0) is 14.5. The molecule has 5 heteroatoms. The summed E-state index contributed by atoms with van der Waals surface area (Å²) in [6.45, 7) is 4.11. The van der Waals surface area contributed by atoms with Crippen LogP contribution in [0.3, 0.4) is 0 Å². The topological polar surface area (TPSA) is 29.5 Å². The van der Waals surface area contributed by atoms with Crippen molar-refractivity contribution in [1.29, 1.82) is 0 Å². The smallest absolute Gasteiger partial charge is 0.123 e. The first kappa shape index (κ1) is 14.2. The summed E-state index contributed by atoms with van der Waals surface area (Å²) < 4.78 is 6.94. The highest BCUT2D eigenvalue weighted by Gasteiger charge is 2.30. The maximum atomic E-state index is 10.5. The van der Waals surface area contributed by atoms with Crippen molar-refractivity contribution in [3.63, 3.8) is 0 Å². The van der Waals surface area contributed by atoms with Gasteiger partial charge < -0.3 is 9.84 Å². The zero-order valence-electron chi connectivity index (χ0n) is 11.1. The minimum Gasteiger partial charge on any atom is -0.487 e. The summed E-state index contributed by atoms with van der Waals surface area (Å²) in [6.07, 6.45) is 0.0707. The standard InChI is InChI=1S/C15H14Cl2O2S/c1-15(2)7-9-5-8(3-4-11(9)19-15)13(18)10-6-12(16)20-14(10)17/h3-6,13,18H,7H2,1-2H3. The largest absolute Gasteiger partial charge is 0.487 e. The third-order valence-corrected chi connectivity index (χ3v) is 4.90. The van der Waals surface area contributed by atoms with Gasteiger partial charge in [0.2, 0.25) is 0 Å². The van der Waals surface area contributed by atoms with E-state index in [4.69, 9.17) is 27.9 Å². The molecule has 0 radical (unpaired) electrons. The van der Waals surface area contributed by atoms with E-state index in [-0.39, 0.29) is 5.60 Å². The predicted molar refractivity (Wildman–Crippen MR) is 83.3 cm³/mol. The van der Waals surface area contributed by atoms with Gasteiger partial charge in [0.25, 0.3) is 0 Å². The Morgan fingerprint density at radius 1 is 1.30 bits per heavy atom. The van der Waals surface area contributed by atoms with Gasteiger partial charge in [-0.05, 0) is 43.2 Å². The lowest BCUT2D eigenvalue weighted by Gasteiger charge is -2.16. The quantitative estimate of drug-likeness (QED) is 0.853. The Morgan fingerprint density at radius 3 is 2.70 bits per heavy atom. The van der Waals surface area contributed by atoms with E-state index in [1.54, 1.807) is 6.07 Å². The molecule has 106 valence electrons. The number of benzene rings is 1. The van der Waals surface area contributed by atoms with Crippen LogP contribution >= 0.6 is 34.5 Å². The molecule has 0 aliphatic carbocycles. The third kappa shape index (κ3) is 2.56. The van der Waals surface area contributed by atoms with E-state index in [1.165, 1.54) is 11.3 Å². The van der Waals surface area contributed by atoms with Crippen LogP contribution in [0.1, 0.15) is 36.6 Å². The normalized spacial score (nSPS) is 17.6. The van der Waals surface area contributed by atoms with E-state index in [0.29, 0.717) is 14.2 Å². The van der Waals surface area contributed by atoms with E-state index in [2.05, 4.69) is 13.8 Å². The molecule has 1 atom stereocenters. The second-order valence-electron chi connectivity index (χ2n) is 5.59. The fourth-order valence-electron chi connectivity index (χ4n) is 2.52. The van der Waals surface area contributed by atoms with E-state index < -0.39 is 6.10 Å². The number of aliphatic hydroxyl groups excluding tert-OH is 1. The van der Waals surface area contributed by atoms with Crippen molar-refractivity contribution in [1.82, 2.24) is 0 Å². The number of rotatable bonds is 2. The lowest BCUT2D eigenvalue weighted by atomic mass is 9.97. The van der Waals surface area contributed by atoms with Gasteiger partial charge in [-0.1, -0.05) is 29.3 Å². The van der Waals surface area contributed by atoms with Crippen LogP contribution in [0.15, 0.2) is 24.3 Å². The first-order valence-corrected chi connectivity index (χ1v) is 7.87. The van der Waals surface area contributed by atoms with Crippen LogP contribution in [0, 0.1) is 0 Å². The fourth-order valence-corrected chi connectivity index (χ4v) is 4.04. The van der Waals surface area contributed by atoms with Gasteiger partial charge in [0.05, 0.1) is 4.34 Å². The third-order valence-electron chi connectivity index (χ3n) is 3.38. The van der Waals surface area contributed by atoms with Crippen molar-refractivity contribution in [3.8, 4) is 5.75 Å². The molecule has 0 amide bonds. The van der Waals surface area contributed by atoms with Crippen molar-refractivity contribution in [2.45, 2.75) is 32.0 Å². The number of hydrogen-bond donors (Lipinski definition) is 1. The molecule has 3 rings (SSSR count). The molecule has 1 N–H and O–H groups in total. The Bertz CT molecular complexity index is 664. The summed E-state index contributed by atoms with van der Waals surface area (Å²) in [6, 6.07) is 7.47. The first-order valence-electron chi connectivity index (χ1n) is 6.30. The van der Waals surface area contributed by atoms with Crippen molar-refractivity contribution < 1.29 is 9.84 Å². The lowest BCUT2D eigenvalue weighted by Crippen LogP contribution is -2.24. The van der Waals surface area contributed by atoms with Gasteiger partial charge in [-0.25, -0.2) is 0 Å². The van der Waals surface area contributed by atoms with Gasteiger partial charge in [0.1, 0.15) is 21.8 Å². The molecule has 1 unspecified atom stereocenters. The molecule has 0 saturated heterocycles. The highest BCUT2D eigenvalue weighted by molar-refractivity contribution is 7.20. The van der Waals surface area contributed by atoms with E-state index in [0.717, 1.165) is 23.3 Å². The molecule has 1 aliphatic rings. The van der Waals surface area contributed by atoms with Crippen LogP contribution in [0.25, 0.3) is 0 Å². The zero-order valence-corrected chi connectivity index (χ0v) is 13.4. The molecule has 0 bridgehead atoms. The van der Waals surface area contributed by atoms with E-state index >= 15 is 0 Å². The van der Waals surface area contributed by atoms with Gasteiger partial charge in [0.15, 0.2) is 0 Å². The monoisotopic (exact) mass is 328 g/mol. The van der Waals surface area contributed by atoms with Gasteiger partial charge in [-0.2, -0.15) is 0 Å². The second kappa shape index (κ2) is 4.92. The molecular formula is C15H14Cl2O2S. The Hall–Kier alpha value is -0.740. The average molecular weight is 329 g/mol. The van der Waals surface area contributed by atoms with Gasteiger partial charge in [-0.15, -0.1) is 11.3 Å². The summed E-state index contributed by atoms with van der Waals surface area (Å²) in [4.78, 5) is 0. The van der Waals surface area contributed by atoms with Crippen LogP contribution in [-0.2, 0) is 6.42 Å². The van der Waals surface area contributed by atoms with Gasteiger partial charge >= 0.3 is 0 Å². The maximum absolute atomic E-state index is 10.5. The molecule has 2 aromatic rings. The fraction of sp³-hybridized carbons (Fsp3) is 0.333.